The monoisotopic (exact) mass is 985 g/mol. The number of carbonyl (C=O) groups is 6. The average Bonchev–Trinajstić information content (AvgIpc) is 3.28. The van der Waals surface area contributed by atoms with Crippen LogP contribution in [0, 0.1) is 5.92 Å². The summed E-state index contributed by atoms with van der Waals surface area (Å²) in [6.45, 7) is 16.8. The smallest absolute Gasteiger partial charge is 0.320 e. The predicted octanol–water partition coefficient (Wildman–Crippen LogP) is 5.31. The molecule has 0 aliphatic carbocycles. The second kappa shape index (κ2) is 41.1. The van der Waals surface area contributed by atoms with Gasteiger partial charge in [0.2, 0.25) is 0 Å². The molecule has 0 fully saturated rings. The molecule has 1 aromatic carbocycles. The van der Waals surface area contributed by atoms with E-state index in [4.69, 9.17) is 10.2 Å². The van der Waals surface area contributed by atoms with E-state index in [1.54, 1.807) is 17.9 Å². The third-order valence-electron chi connectivity index (χ3n) is 9.72. The number of carboxylic acid groups (broad SMARTS) is 3. The number of aliphatic hydroxyl groups is 1. The molecule has 0 spiro atoms. The van der Waals surface area contributed by atoms with Gasteiger partial charge in [0.15, 0.2) is 0 Å². The number of nitrogens with zero attached hydrogens (tertiary/aromatic N) is 4. The second-order valence-corrected chi connectivity index (χ2v) is 27.1. The normalized spacial score (nSPS) is 12.3. The molecule has 1 aliphatic rings. The summed E-state index contributed by atoms with van der Waals surface area (Å²) in [5, 5.41) is 47.7. The van der Waals surface area contributed by atoms with E-state index in [2.05, 4.69) is 75.8 Å². The molecule has 0 radical (unpaired) electrons. The Morgan fingerprint density at radius 3 is 1.89 bits per heavy atom. The fourth-order valence-corrected chi connectivity index (χ4v) is 8.31. The number of nitrogens with one attached hydrogen (secondary N) is 4. The molecule has 0 saturated heterocycles. The first-order valence-corrected chi connectivity index (χ1v) is 30.5. The number of hydrazone groups is 2. The van der Waals surface area contributed by atoms with E-state index in [-0.39, 0.29) is 37.6 Å². The molecule has 19 heteroatoms. The van der Waals surface area contributed by atoms with Gasteiger partial charge in [0.05, 0.1) is 6.54 Å². The summed E-state index contributed by atoms with van der Waals surface area (Å²) in [4.78, 5) is 71.0. The Morgan fingerprint density at radius 2 is 1.42 bits per heavy atom. The van der Waals surface area contributed by atoms with Crippen LogP contribution in [0.3, 0.4) is 0 Å². The van der Waals surface area contributed by atoms with Crippen LogP contribution in [0.5, 0.6) is 0 Å². The molecule has 1 aromatic rings. The third-order valence-corrected chi connectivity index (χ3v) is 14.0. The Balaban J connectivity index is -0.00000160. The zero-order chi connectivity index (χ0) is 50.2. The number of unbranched alkanes of at least 4 members (excludes halogenated alkanes) is 2. The molecule has 0 bridgehead atoms. The van der Waals surface area contributed by atoms with Crippen LogP contribution in [0.15, 0.2) is 28.4 Å². The molecule has 374 valence electrons. The van der Waals surface area contributed by atoms with Crippen LogP contribution in [0.4, 0.5) is 0 Å². The van der Waals surface area contributed by atoms with Crippen molar-refractivity contribution < 1.29 is 49.2 Å². The first kappa shape index (κ1) is 64.9. The van der Waals surface area contributed by atoms with Crippen molar-refractivity contribution in [3.63, 3.8) is 0 Å². The van der Waals surface area contributed by atoms with Gasteiger partial charge in [-0.05, 0) is 31.8 Å². The summed E-state index contributed by atoms with van der Waals surface area (Å²) in [7, 11) is 1.00. The Bertz CT molecular complexity index is 1540. The van der Waals surface area contributed by atoms with Crippen molar-refractivity contribution in [3.8, 4) is 0 Å². The zero-order valence-electron chi connectivity index (χ0n) is 41.5. The molecular weight excluding hydrogens is 897 g/mol. The molecule has 2 rings (SSSR count). The zero-order valence-corrected chi connectivity index (χ0v) is 43.6. The Morgan fingerprint density at radius 1 is 0.800 bits per heavy atom. The summed E-state index contributed by atoms with van der Waals surface area (Å²) in [5.41, 5.74) is 6.87. The van der Waals surface area contributed by atoms with Gasteiger partial charge in [-0.15, -0.1) is 0 Å². The van der Waals surface area contributed by atoms with E-state index in [1.165, 1.54) is 38.4 Å². The molecule has 1 heterocycles. The number of aldehydes is 1. The Kier molecular flexibility index (Phi) is 41.0. The number of aliphatic hydroxyl groups excluding tert-OH is 1. The van der Waals surface area contributed by atoms with Gasteiger partial charge in [0, 0.05) is 33.0 Å². The minimum atomic E-state index is -2.29. The minimum Gasteiger partial charge on any atom is -0.480 e. The topological polar surface area (TPSA) is 263 Å². The molecule has 1 aliphatic heterocycles. The number of hydrogen-bond acceptors (Lipinski definition) is 13. The quantitative estimate of drug-likeness (QED) is 0.0301. The number of aliphatic carboxylic acids is 3. The van der Waals surface area contributed by atoms with Gasteiger partial charge in [-0.25, -0.2) is 0 Å². The first-order chi connectivity index (χ1) is 30.8. The number of carboxylic acids is 3. The van der Waals surface area contributed by atoms with Crippen LogP contribution < -0.4 is 25.9 Å². The fourth-order valence-electron chi connectivity index (χ4n) is 5.84. The second-order valence-electron chi connectivity index (χ2n) is 16.4. The van der Waals surface area contributed by atoms with Crippen LogP contribution in [-0.2, 0) is 24.0 Å². The van der Waals surface area contributed by atoms with Crippen LogP contribution in [0.1, 0.15) is 141 Å². The van der Waals surface area contributed by atoms with Crippen LogP contribution in [0.2, 0.25) is 17.3 Å². The summed E-state index contributed by atoms with van der Waals surface area (Å²) >= 11 is -2.29. The standard InChI is InChI=1S/C30H50GeN8O6.C9H20.C3H6O2.C3H6O.CH4O/c1-6-13-38(20-27(41)42)15-16-39(14-7-2)25(30(44)45)9-10-26(40)32-11-8-12-33-29(43)23-17-22(28-36-34-21-35-37-28)18-24(19-23)31(3,4)5;1-4-6-7-8-9(3)5-2;1-2-3(4)5;1-2-3-4;1-2/h17-19,21,25H,6-16,20H2,1-5H3,(H,32,40)(H,33,43)(H,34,35)(H,36,37)(H,41,42)(H,44,45);9H,4-8H2,1-3H3;2H2,1H3,(H,4,5);3H,2H2,1H3;2H,1H3. The molecular formula is C46H86GeN8O10. The SMILES string of the molecule is CCC(=O)O.CCC=O.CCCCCC(C)CC.CCCN(CCN(CCC)C(CCC(=O)NCCCNC(=O)c1cc(C2=NNC=NN2)c[c]([Ge]([CH3])([CH3])[CH3])c1)C(=O)O)CC(=O)O.CO. The summed E-state index contributed by atoms with van der Waals surface area (Å²) in [6, 6.07) is 4.92. The van der Waals surface area contributed by atoms with Crippen molar-refractivity contribution in [1.82, 2.24) is 31.3 Å². The van der Waals surface area contributed by atoms with Gasteiger partial charge < -0.3 is 25.2 Å². The van der Waals surface area contributed by atoms with Gasteiger partial charge in [0.25, 0.3) is 0 Å². The maximum Gasteiger partial charge on any atom is 0.320 e. The summed E-state index contributed by atoms with van der Waals surface area (Å²) in [5.74, 6) is 5.09. The Labute approximate surface area is 392 Å². The van der Waals surface area contributed by atoms with E-state index < -0.39 is 37.2 Å². The van der Waals surface area contributed by atoms with Crippen molar-refractivity contribution in [2.75, 3.05) is 52.9 Å². The molecule has 0 saturated carbocycles. The predicted molar refractivity (Wildman–Crippen MR) is 264 cm³/mol. The largest absolute Gasteiger partial charge is 0.480 e. The maximum atomic E-state index is 13.0. The first-order valence-electron chi connectivity index (χ1n) is 23.2. The molecule has 2 atom stereocenters. The average molecular weight is 984 g/mol. The molecule has 2 amide bonds. The van der Waals surface area contributed by atoms with E-state index in [0.29, 0.717) is 63.5 Å². The third kappa shape index (κ3) is 34.6. The maximum absolute atomic E-state index is 13.0. The Hall–Kier alpha value is -4.40. The van der Waals surface area contributed by atoms with Gasteiger partial charge >= 0.3 is 180 Å². The van der Waals surface area contributed by atoms with Crippen molar-refractivity contribution in [1.29, 1.82) is 0 Å². The van der Waals surface area contributed by atoms with Gasteiger partial charge in [-0.2, -0.15) is 0 Å². The van der Waals surface area contributed by atoms with Gasteiger partial charge in [0.1, 0.15) is 12.3 Å². The summed E-state index contributed by atoms with van der Waals surface area (Å²) < 4.78 is 1.15. The van der Waals surface area contributed by atoms with E-state index in [0.717, 1.165) is 42.1 Å². The molecule has 8 N–H and O–H groups in total. The fraction of sp³-hybridized carbons (Fsp3) is 0.696. The van der Waals surface area contributed by atoms with Crippen molar-refractivity contribution in [3.05, 3.63) is 29.3 Å². The number of amidine groups is 1. The van der Waals surface area contributed by atoms with Gasteiger partial charge in [-0.3, -0.25) is 24.2 Å². The van der Waals surface area contributed by atoms with Crippen molar-refractivity contribution in [2.45, 2.75) is 149 Å². The number of amides is 2. The molecule has 0 aromatic heterocycles. The van der Waals surface area contributed by atoms with E-state index in [1.807, 2.05) is 31.7 Å². The molecule has 65 heavy (non-hydrogen) atoms. The van der Waals surface area contributed by atoms with Gasteiger partial charge in [-0.1, -0.05) is 80.6 Å². The van der Waals surface area contributed by atoms with Crippen LogP contribution in [0.25, 0.3) is 0 Å². The van der Waals surface area contributed by atoms with Crippen LogP contribution in [-0.4, -0.2) is 151 Å². The summed E-state index contributed by atoms with van der Waals surface area (Å²) in [6.07, 6.45) is 12.4. The van der Waals surface area contributed by atoms with E-state index >= 15 is 0 Å². The number of benzene rings is 1. The van der Waals surface area contributed by atoms with E-state index in [9.17, 15) is 39.0 Å². The minimum absolute atomic E-state index is 0.0434. The number of rotatable bonds is 28. The van der Waals surface area contributed by atoms with Crippen molar-refractivity contribution >= 4 is 65.8 Å². The number of hydrogen-bond donors (Lipinski definition) is 8. The van der Waals surface area contributed by atoms with Crippen LogP contribution >= 0.6 is 0 Å². The molecule has 2 unspecified atom stereocenters. The molecule has 18 nitrogen and oxygen atoms in total. The number of carbonyl (C=O) groups excluding carboxylic acids is 3. The van der Waals surface area contributed by atoms with Crippen molar-refractivity contribution in [2.24, 2.45) is 16.1 Å².